The first-order valence-corrected chi connectivity index (χ1v) is 6.98. The van der Waals surface area contributed by atoms with Gasteiger partial charge in [-0.1, -0.05) is 30.0 Å². The summed E-state index contributed by atoms with van der Waals surface area (Å²) < 4.78 is 0. The zero-order valence-corrected chi connectivity index (χ0v) is 11.8. The molecule has 3 nitrogen and oxygen atoms in total. The molecule has 2 rings (SSSR count). The molecule has 0 saturated heterocycles. The molecule has 1 unspecified atom stereocenters. The SMILES string of the molecule is Cc1cccc(NC(=O)C(C)Sc2ccccn2)c1. The summed E-state index contributed by atoms with van der Waals surface area (Å²) in [4.78, 5) is 16.3. The van der Waals surface area contributed by atoms with Gasteiger partial charge in [-0.05, 0) is 43.7 Å². The van der Waals surface area contributed by atoms with Crippen molar-refractivity contribution < 1.29 is 4.79 Å². The molecule has 1 aromatic heterocycles. The van der Waals surface area contributed by atoms with E-state index in [1.165, 1.54) is 11.8 Å². The second kappa shape index (κ2) is 6.38. The van der Waals surface area contributed by atoms with Gasteiger partial charge in [0.15, 0.2) is 0 Å². The molecular formula is C15H16N2OS. The molecule has 1 amide bonds. The van der Waals surface area contributed by atoms with E-state index in [9.17, 15) is 4.79 Å². The van der Waals surface area contributed by atoms with E-state index < -0.39 is 0 Å². The number of pyridine rings is 1. The molecule has 0 radical (unpaired) electrons. The Labute approximate surface area is 117 Å². The van der Waals surface area contributed by atoms with Gasteiger partial charge in [-0.2, -0.15) is 0 Å². The van der Waals surface area contributed by atoms with Crippen LogP contribution in [-0.4, -0.2) is 16.1 Å². The minimum Gasteiger partial charge on any atom is -0.325 e. The lowest BCUT2D eigenvalue weighted by atomic mass is 10.2. The van der Waals surface area contributed by atoms with E-state index in [4.69, 9.17) is 0 Å². The van der Waals surface area contributed by atoms with Crippen molar-refractivity contribution in [1.29, 1.82) is 0 Å². The maximum absolute atomic E-state index is 12.1. The van der Waals surface area contributed by atoms with Gasteiger partial charge in [0.05, 0.1) is 10.3 Å². The lowest BCUT2D eigenvalue weighted by molar-refractivity contribution is -0.115. The van der Waals surface area contributed by atoms with Crippen LogP contribution in [0.15, 0.2) is 53.7 Å². The molecule has 0 bridgehead atoms. The lowest BCUT2D eigenvalue weighted by Gasteiger charge is -2.11. The van der Waals surface area contributed by atoms with Crippen molar-refractivity contribution in [2.75, 3.05) is 5.32 Å². The molecule has 4 heteroatoms. The normalized spacial score (nSPS) is 11.9. The second-order valence-electron chi connectivity index (χ2n) is 4.29. The highest BCUT2D eigenvalue weighted by atomic mass is 32.2. The fraction of sp³-hybridized carbons (Fsp3) is 0.200. The van der Waals surface area contributed by atoms with E-state index in [2.05, 4.69) is 10.3 Å². The Bertz CT molecular complexity index is 557. The third kappa shape index (κ3) is 4.10. The molecule has 0 fully saturated rings. The fourth-order valence-corrected chi connectivity index (χ4v) is 2.43. The van der Waals surface area contributed by atoms with Crippen molar-refractivity contribution in [3.63, 3.8) is 0 Å². The highest BCUT2D eigenvalue weighted by Gasteiger charge is 2.14. The zero-order chi connectivity index (χ0) is 13.7. The van der Waals surface area contributed by atoms with Gasteiger partial charge in [-0.3, -0.25) is 4.79 Å². The molecule has 0 aliphatic heterocycles. The van der Waals surface area contributed by atoms with Crippen molar-refractivity contribution in [3.05, 3.63) is 54.2 Å². The molecular weight excluding hydrogens is 256 g/mol. The number of anilines is 1. The largest absolute Gasteiger partial charge is 0.325 e. The summed E-state index contributed by atoms with van der Waals surface area (Å²) in [6.45, 7) is 3.88. The Morgan fingerprint density at radius 2 is 2.11 bits per heavy atom. The molecule has 2 aromatic rings. The predicted molar refractivity (Wildman–Crippen MR) is 79.4 cm³/mol. The van der Waals surface area contributed by atoms with Crippen LogP contribution >= 0.6 is 11.8 Å². The van der Waals surface area contributed by atoms with Gasteiger partial charge in [0.1, 0.15) is 0 Å². The van der Waals surface area contributed by atoms with Crippen LogP contribution in [0.4, 0.5) is 5.69 Å². The Morgan fingerprint density at radius 1 is 1.26 bits per heavy atom. The molecule has 98 valence electrons. The number of carbonyl (C=O) groups excluding carboxylic acids is 1. The molecule has 1 atom stereocenters. The Morgan fingerprint density at radius 3 is 2.79 bits per heavy atom. The van der Waals surface area contributed by atoms with Crippen LogP contribution in [-0.2, 0) is 4.79 Å². The van der Waals surface area contributed by atoms with Gasteiger partial charge in [0.2, 0.25) is 5.91 Å². The predicted octanol–water partition coefficient (Wildman–Crippen LogP) is 3.51. The number of nitrogens with one attached hydrogen (secondary N) is 1. The highest BCUT2D eigenvalue weighted by Crippen LogP contribution is 2.21. The number of nitrogens with zero attached hydrogens (tertiary/aromatic N) is 1. The number of aryl methyl sites for hydroxylation is 1. The third-order valence-electron chi connectivity index (χ3n) is 2.59. The van der Waals surface area contributed by atoms with Crippen LogP contribution in [0.1, 0.15) is 12.5 Å². The van der Waals surface area contributed by atoms with Crippen LogP contribution in [0.2, 0.25) is 0 Å². The van der Waals surface area contributed by atoms with E-state index in [-0.39, 0.29) is 11.2 Å². The summed E-state index contributed by atoms with van der Waals surface area (Å²) in [6.07, 6.45) is 1.73. The standard InChI is InChI=1S/C15H16N2OS/c1-11-6-5-7-13(10-11)17-15(18)12(2)19-14-8-3-4-9-16-14/h3-10,12H,1-2H3,(H,17,18). The van der Waals surface area contributed by atoms with Gasteiger partial charge in [-0.15, -0.1) is 0 Å². The summed E-state index contributed by atoms with van der Waals surface area (Å²) >= 11 is 1.45. The van der Waals surface area contributed by atoms with Crippen molar-refractivity contribution in [2.24, 2.45) is 0 Å². The molecule has 0 spiro atoms. The fourth-order valence-electron chi connectivity index (χ4n) is 1.62. The highest BCUT2D eigenvalue weighted by molar-refractivity contribution is 8.00. The van der Waals surface area contributed by atoms with E-state index >= 15 is 0 Å². The van der Waals surface area contributed by atoms with E-state index in [1.807, 2.05) is 56.3 Å². The number of rotatable bonds is 4. The number of hydrogen-bond acceptors (Lipinski definition) is 3. The summed E-state index contributed by atoms with van der Waals surface area (Å²) in [5.74, 6) is -0.0127. The average molecular weight is 272 g/mol. The van der Waals surface area contributed by atoms with Gasteiger partial charge < -0.3 is 5.32 Å². The summed E-state index contributed by atoms with van der Waals surface area (Å²) in [5.41, 5.74) is 1.96. The van der Waals surface area contributed by atoms with Crippen LogP contribution < -0.4 is 5.32 Å². The Hall–Kier alpha value is -1.81. The topological polar surface area (TPSA) is 42.0 Å². The number of thioether (sulfide) groups is 1. The van der Waals surface area contributed by atoms with E-state index in [0.717, 1.165) is 16.3 Å². The Balaban J connectivity index is 1.96. The monoisotopic (exact) mass is 272 g/mol. The minimum absolute atomic E-state index is 0.0127. The molecule has 0 aliphatic rings. The quantitative estimate of drug-likeness (QED) is 0.866. The first-order chi connectivity index (χ1) is 9.15. The van der Waals surface area contributed by atoms with E-state index in [0.29, 0.717) is 0 Å². The van der Waals surface area contributed by atoms with E-state index in [1.54, 1.807) is 6.20 Å². The van der Waals surface area contributed by atoms with Crippen LogP contribution in [0.25, 0.3) is 0 Å². The number of aromatic nitrogens is 1. The summed E-state index contributed by atoms with van der Waals surface area (Å²) in [6, 6.07) is 13.5. The number of benzene rings is 1. The molecule has 0 aliphatic carbocycles. The van der Waals surface area contributed by atoms with Gasteiger partial charge >= 0.3 is 0 Å². The molecule has 1 aromatic carbocycles. The van der Waals surface area contributed by atoms with Gasteiger partial charge in [0, 0.05) is 11.9 Å². The van der Waals surface area contributed by atoms with Crippen molar-refractivity contribution in [2.45, 2.75) is 24.1 Å². The third-order valence-corrected chi connectivity index (χ3v) is 3.64. The maximum Gasteiger partial charge on any atom is 0.237 e. The number of hydrogen-bond donors (Lipinski definition) is 1. The summed E-state index contributed by atoms with van der Waals surface area (Å²) in [7, 11) is 0. The Kier molecular flexibility index (Phi) is 4.58. The smallest absolute Gasteiger partial charge is 0.237 e. The van der Waals surface area contributed by atoms with Crippen LogP contribution in [0.5, 0.6) is 0 Å². The molecule has 19 heavy (non-hydrogen) atoms. The first-order valence-electron chi connectivity index (χ1n) is 6.10. The van der Waals surface area contributed by atoms with Crippen molar-refractivity contribution >= 4 is 23.4 Å². The van der Waals surface area contributed by atoms with Crippen molar-refractivity contribution in [3.8, 4) is 0 Å². The second-order valence-corrected chi connectivity index (χ2v) is 5.65. The van der Waals surface area contributed by atoms with Crippen LogP contribution in [0, 0.1) is 6.92 Å². The maximum atomic E-state index is 12.1. The number of carbonyl (C=O) groups is 1. The van der Waals surface area contributed by atoms with Crippen LogP contribution in [0.3, 0.4) is 0 Å². The molecule has 0 saturated carbocycles. The first kappa shape index (κ1) is 13.6. The zero-order valence-electron chi connectivity index (χ0n) is 11.0. The molecule has 1 heterocycles. The average Bonchev–Trinajstić information content (AvgIpc) is 2.40. The number of amides is 1. The van der Waals surface area contributed by atoms with Gasteiger partial charge in [-0.25, -0.2) is 4.98 Å². The van der Waals surface area contributed by atoms with Crippen molar-refractivity contribution in [1.82, 2.24) is 4.98 Å². The van der Waals surface area contributed by atoms with Gasteiger partial charge in [0.25, 0.3) is 0 Å². The summed E-state index contributed by atoms with van der Waals surface area (Å²) in [5, 5.41) is 3.59. The lowest BCUT2D eigenvalue weighted by Crippen LogP contribution is -2.22. The molecule has 1 N–H and O–H groups in total. The minimum atomic E-state index is -0.185.